The first kappa shape index (κ1) is 20.9. The summed E-state index contributed by atoms with van der Waals surface area (Å²) in [6.45, 7) is 1.31. The van der Waals surface area contributed by atoms with Crippen molar-refractivity contribution in [1.29, 1.82) is 0 Å². The molecule has 27 heavy (non-hydrogen) atoms. The Morgan fingerprint density at radius 3 is 1.93 bits per heavy atom. The highest BCUT2D eigenvalue weighted by atomic mass is 16.6. The molecule has 146 valence electrons. The highest BCUT2D eigenvalue weighted by molar-refractivity contribution is 5.84. The van der Waals surface area contributed by atoms with Crippen molar-refractivity contribution < 1.29 is 9.53 Å². The number of ether oxygens (including phenoxy) is 1. The Morgan fingerprint density at radius 2 is 1.41 bits per heavy atom. The zero-order valence-corrected chi connectivity index (χ0v) is 16.8. The fourth-order valence-electron chi connectivity index (χ4n) is 3.35. The zero-order valence-electron chi connectivity index (χ0n) is 16.8. The van der Waals surface area contributed by atoms with E-state index in [0.29, 0.717) is 13.1 Å². The SMILES string of the molecule is CN(C)CC(CCc1ccccc1)(CN(C)C)OC(=O)Nc1ccccc1. The third-order valence-electron chi connectivity index (χ3n) is 4.25. The normalized spacial score (nSPS) is 11.6. The number of anilines is 1. The number of aryl methyl sites for hydroxylation is 1. The molecular weight excluding hydrogens is 338 g/mol. The van der Waals surface area contributed by atoms with Crippen LogP contribution < -0.4 is 5.32 Å². The van der Waals surface area contributed by atoms with Crippen LogP contribution in [0.4, 0.5) is 10.5 Å². The highest BCUT2D eigenvalue weighted by Crippen LogP contribution is 2.23. The van der Waals surface area contributed by atoms with Crippen LogP contribution in [0.5, 0.6) is 0 Å². The summed E-state index contributed by atoms with van der Waals surface area (Å²) >= 11 is 0. The molecule has 0 saturated heterocycles. The number of nitrogens with zero attached hydrogens (tertiary/aromatic N) is 2. The number of benzene rings is 2. The predicted molar refractivity (Wildman–Crippen MR) is 111 cm³/mol. The minimum absolute atomic E-state index is 0.419. The molecule has 0 unspecified atom stereocenters. The second kappa shape index (κ2) is 10.1. The molecule has 0 aliphatic carbocycles. The van der Waals surface area contributed by atoms with E-state index in [9.17, 15) is 4.79 Å². The summed E-state index contributed by atoms with van der Waals surface area (Å²) < 4.78 is 6.05. The Morgan fingerprint density at radius 1 is 0.889 bits per heavy atom. The van der Waals surface area contributed by atoms with E-state index in [1.165, 1.54) is 5.56 Å². The average molecular weight is 370 g/mol. The Balaban J connectivity index is 2.16. The van der Waals surface area contributed by atoms with E-state index in [1.54, 1.807) is 0 Å². The second-order valence-electron chi connectivity index (χ2n) is 7.52. The summed E-state index contributed by atoms with van der Waals surface area (Å²) in [6, 6.07) is 19.7. The van der Waals surface area contributed by atoms with Crippen molar-refractivity contribution >= 4 is 11.8 Å². The van der Waals surface area contributed by atoms with E-state index < -0.39 is 11.7 Å². The van der Waals surface area contributed by atoms with Gasteiger partial charge in [-0.2, -0.15) is 0 Å². The Kier molecular flexibility index (Phi) is 7.82. The number of nitrogens with one attached hydrogen (secondary N) is 1. The number of hydrogen-bond donors (Lipinski definition) is 1. The van der Waals surface area contributed by atoms with Gasteiger partial charge in [-0.1, -0.05) is 48.5 Å². The molecular formula is C22H31N3O2. The maximum absolute atomic E-state index is 12.6. The van der Waals surface area contributed by atoms with Crippen LogP contribution in [0, 0.1) is 0 Å². The van der Waals surface area contributed by atoms with Gasteiger partial charge in [0.2, 0.25) is 0 Å². The molecule has 0 bridgehead atoms. The van der Waals surface area contributed by atoms with Crippen molar-refractivity contribution in [1.82, 2.24) is 9.80 Å². The van der Waals surface area contributed by atoms with Crippen LogP contribution in [-0.2, 0) is 11.2 Å². The van der Waals surface area contributed by atoms with Crippen LogP contribution in [0.3, 0.4) is 0 Å². The van der Waals surface area contributed by atoms with Gasteiger partial charge in [-0.3, -0.25) is 5.32 Å². The molecule has 1 N–H and O–H groups in total. The molecule has 0 spiro atoms. The van der Waals surface area contributed by atoms with Gasteiger partial charge in [-0.25, -0.2) is 4.79 Å². The van der Waals surface area contributed by atoms with Gasteiger partial charge in [0.1, 0.15) is 5.60 Å². The van der Waals surface area contributed by atoms with Gasteiger partial charge < -0.3 is 14.5 Å². The number of carbonyl (C=O) groups excluding carboxylic acids is 1. The van der Waals surface area contributed by atoms with E-state index in [-0.39, 0.29) is 0 Å². The lowest BCUT2D eigenvalue weighted by Gasteiger charge is -2.38. The van der Waals surface area contributed by atoms with E-state index in [1.807, 2.05) is 76.7 Å². The highest BCUT2D eigenvalue weighted by Gasteiger charge is 2.35. The summed E-state index contributed by atoms with van der Waals surface area (Å²) in [5, 5.41) is 2.84. The topological polar surface area (TPSA) is 44.8 Å². The summed E-state index contributed by atoms with van der Waals surface area (Å²) in [6.07, 6.45) is 1.18. The van der Waals surface area contributed by atoms with Gasteiger partial charge in [0.25, 0.3) is 0 Å². The number of rotatable bonds is 9. The molecule has 0 aliphatic heterocycles. The van der Waals surface area contributed by atoms with Gasteiger partial charge >= 0.3 is 6.09 Å². The molecule has 0 fully saturated rings. The molecule has 5 heteroatoms. The van der Waals surface area contributed by atoms with Crippen LogP contribution in [0.2, 0.25) is 0 Å². The smallest absolute Gasteiger partial charge is 0.412 e. The summed E-state index contributed by atoms with van der Waals surface area (Å²) in [4.78, 5) is 16.8. The van der Waals surface area contributed by atoms with E-state index in [0.717, 1.165) is 18.5 Å². The predicted octanol–water partition coefficient (Wildman–Crippen LogP) is 3.73. The number of amides is 1. The van der Waals surface area contributed by atoms with Gasteiger partial charge in [0.15, 0.2) is 0 Å². The maximum atomic E-state index is 12.6. The molecule has 0 aliphatic rings. The largest absolute Gasteiger partial charge is 0.440 e. The molecule has 0 heterocycles. The lowest BCUT2D eigenvalue weighted by atomic mass is 9.93. The van der Waals surface area contributed by atoms with Crippen LogP contribution in [0.25, 0.3) is 0 Å². The minimum atomic E-state index is -0.609. The summed E-state index contributed by atoms with van der Waals surface area (Å²) in [5.41, 5.74) is 1.36. The quantitative estimate of drug-likeness (QED) is 0.731. The molecule has 2 rings (SSSR count). The molecule has 0 radical (unpaired) electrons. The number of hydrogen-bond acceptors (Lipinski definition) is 4. The van der Waals surface area contributed by atoms with Crippen molar-refractivity contribution in [3.8, 4) is 0 Å². The van der Waals surface area contributed by atoms with Gasteiger partial charge in [-0.15, -0.1) is 0 Å². The summed E-state index contributed by atoms with van der Waals surface area (Å²) in [7, 11) is 8.02. The molecule has 2 aromatic carbocycles. The zero-order chi connectivity index (χ0) is 19.7. The Bertz CT molecular complexity index is 677. The van der Waals surface area contributed by atoms with Crippen molar-refractivity contribution in [2.24, 2.45) is 0 Å². The van der Waals surface area contributed by atoms with Crippen molar-refractivity contribution in [3.63, 3.8) is 0 Å². The van der Waals surface area contributed by atoms with E-state index in [2.05, 4.69) is 27.2 Å². The molecule has 1 amide bonds. The fraction of sp³-hybridized carbons (Fsp3) is 0.409. The number of para-hydroxylation sites is 1. The minimum Gasteiger partial charge on any atom is -0.440 e. The first-order valence-corrected chi connectivity index (χ1v) is 9.27. The standard InChI is InChI=1S/C22H31N3O2/c1-24(2)17-22(18-25(3)4,16-15-19-11-7-5-8-12-19)27-21(26)23-20-13-9-6-10-14-20/h5-14H,15-18H2,1-4H3,(H,23,26). The van der Waals surface area contributed by atoms with Crippen LogP contribution >= 0.6 is 0 Å². The lowest BCUT2D eigenvalue weighted by molar-refractivity contribution is -0.0222. The third kappa shape index (κ3) is 7.41. The second-order valence-corrected chi connectivity index (χ2v) is 7.52. The molecule has 5 nitrogen and oxygen atoms in total. The van der Waals surface area contributed by atoms with E-state index >= 15 is 0 Å². The number of carbonyl (C=O) groups is 1. The van der Waals surface area contributed by atoms with Gasteiger partial charge in [0, 0.05) is 18.8 Å². The van der Waals surface area contributed by atoms with Crippen molar-refractivity contribution in [2.45, 2.75) is 18.4 Å². The first-order valence-electron chi connectivity index (χ1n) is 9.27. The van der Waals surface area contributed by atoms with Crippen LogP contribution in [0.1, 0.15) is 12.0 Å². The lowest BCUT2D eigenvalue weighted by Crippen LogP contribution is -2.52. The third-order valence-corrected chi connectivity index (χ3v) is 4.25. The van der Waals surface area contributed by atoms with Crippen LogP contribution in [-0.4, -0.2) is 62.8 Å². The van der Waals surface area contributed by atoms with E-state index in [4.69, 9.17) is 4.74 Å². The monoisotopic (exact) mass is 369 g/mol. The molecule has 2 aromatic rings. The molecule has 0 atom stereocenters. The van der Waals surface area contributed by atoms with Gasteiger partial charge in [0.05, 0.1) is 0 Å². The first-order chi connectivity index (χ1) is 12.9. The van der Waals surface area contributed by atoms with Crippen LogP contribution in [0.15, 0.2) is 60.7 Å². The fourth-order valence-corrected chi connectivity index (χ4v) is 3.35. The Labute approximate surface area is 162 Å². The Hall–Kier alpha value is -2.37. The molecule has 0 aromatic heterocycles. The van der Waals surface area contributed by atoms with Gasteiger partial charge in [-0.05, 0) is 58.7 Å². The molecule has 0 saturated carbocycles. The van der Waals surface area contributed by atoms with Crippen molar-refractivity contribution in [3.05, 3.63) is 66.2 Å². The summed E-state index contributed by atoms with van der Waals surface area (Å²) in [5.74, 6) is 0. The maximum Gasteiger partial charge on any atom is 0.412 e. The average Bonchev–Trinajstić information content (AvgIpc) is 2.60. The van der Waals surface area contributed by atoms with Crippen molar-refractivity contribution in [2.75, 3.05) is 46.6 Å². The number of likely N-dealkylation sites (N-methyl/N-ethyl adjacent to an activating group) is 2.